The van der Waals surface area contributed by atoms with Gasteiger partial charge in [-0.2, -0.15) is 0 Å². The maximum atomic E-state index is 13.7. The van der Waals surface area contributed by atoms with Crippen LogP contribution in [0.2, 0.25) is 0 Å². The number of carbonyl (C=O) groups excluding carboxylic acids is 2. The van der Waals surface area contributed by atoms with Crippen LogP contribution in [0.1, 0.15) is 48.7 Å². The number of nitrogens with zero attached hydrogens (tertiary/aromatic N) is 1. The molecule has 1 amide bonds. The summed E-state index contributed by atoms with van der Waals surface area (Å²) in [5, 5.41) is 18.6. The van der Waals surface area contributed by atoms with Crippen molar-refractivity contribution >= 4 is 28.5 Å². The van der Waals surface area contributed by atoms with Crippen molar-refractivity contribution in [3.05, 3.63) is 111 Å². The van der Waals surface area contributed by atoms with Crippen LogP contribution in [0.5, 0.6) is 0 Å². The summed E-state index contributed by atoms with van der Waals surface area (Å²) in [6.07, 6.45) is 0.859. The molecule has 9 nitrogen and oxygen atoms in total. The van der Waals surface area contributed by atoms with Crippen molar-refractivity contribution in [3.8, 4) is 0 Å². The number of hydrogen-bond donors (Lipinski definition) is 3. The molecule has 0 spiro atoms. The van der Waals surface area contributed by atoms with E-state index in [2.05, 4.69) is 15.6 Å². The van der Waals surface area contributed by atoms with Crippen LogP contribution in [0.3, 0.4) is 0 Å². The monoisotopic (exact) mass is 540 g/mol. The van der Waals surface area contributed by atoms with E-state index in [9.17, 15) is 19.7 Å². The Morgan fingerprint density at radius 2 is 1.73 bits per heavy atom. The molecule has 206 valence electrons. The van der Waals surface area contributed by atoms with Gasteiger partial charge in [-0.05, 0) is 41.5 Å². The number of ether oxygens (including phenoxy) is 1. The third-order valence-corrected chi connectivity index (χ3v) is 7.20. The Morgan fingerprint density at radius 1 is 1.02 bits per heavy atom. The van der Waals surface area contributed by atoms with E-state index in [1.54, 1.807) is 12.1 Å². The topological polar surface area (TPSA) is 126 Å². The van der Waals surface area contributed by atoms with Gasteiger partial charge in [-0.1, -0.05) is 74.5 Å². The molecule has 0 unspecified atom stereocenters. The summed E-state index contributed by atoms with van der Waals surface area (Å²) in [4.78, 5) is 41.0. The lowest BCUT2D eigenvalue weighted by Crippen LogP contribution is -2.54. The van der Waals surface area contributed by atoms with Gasteiger partial charge < -0.3 is 15.0 Å². The standard InChI is InChI=1S/C31H32N4O5/c1-19(2)16-27(31(37)40-18-20-8-4-3-5-9-20)34-30(36)26-17-24-23-10-6-7-11-25(23)32-29(24)28(33-26)21-12-14-22(15-13-21)35(38)39/h3-15,19,26-28,32-33H,16-18H2,1-2H3,(H,34,36)/t26-,27-,28-/m0/s1. The number of hydrogen-bond acceptors (Lipinski definition) is 6. The number of non-ortho nitro benzene ring substituents is 1. The highest BCUT2D eigenvalue weighted by Gasteiger charge is 2.36. The Labute approximate surface area is 232 Å². The van der Waals surface area contributed by atoms with Crippen molar-refractivity contribution in [2.45, 2.75) is 51.4 Å². The van der Waals surface area contributed by atoms with E-state index in [-0.39, 0.29) is 24.1 Å². The van der Waals surface area contributed by atoms with Crippen LogP contribution in [0.4, 0.5) is 5.69 Å². The molecule has 9 heteroatoms. The Bertz CT molecular complexity index is 1510. The molecule has 1 aliphatic heterocycles. The molecule has 3 N–H and O–H groups in total. The highest BCUT2D eigenvalue weighted by Crippen LogP contribution is 2.35. The van der Waals surface area contributed by atoms with Crippen LogP contribution in [0, 0.1) is 16.0 Å². The van der Waals surface area contributed by atoms with Crippen LogP contribution < -0.4 is 10.6 Å². The summed E-state index contributed by atoms with van der Waals surface area (Å²) in [7, 11) is 0. The first-order valence-electron chi connectivity index (χ1n) is 13.4. The predicted octanol–water partition coefficient (Wildman–Crippen LogP) is 4.95. The van der Waals surface area contributed by atoms with Gasteiger partial charge in [-0.3, -0.25) is 20.2 Å². The van der Waals surface area contributed by atoms with Crippen molar-refractivity contribution in [1.29, 1.82) is 0 Å². The Kier molecular flexibility index (Phi) is 7.93. The fourth-order valence-electron chi connectivity index (χ4n) is 5.24. The van der Waals surface area contributed by atoms with Gasteiger partial charge in [0.05, 0.1) is 17.0 Å². The third-order valence-electron chi connectivity index (χ3n) is 7.20. The lowest BCUT2D eigenvalue weighted by atomic mass is 9.89. The van der Waals surface area contributed by atoms with E-state index < -0.39 is 29.0 Å². The summed E-state index contributed by atoms with van der Waals surface area (Å²) < 4.78 is 5.57. The molecule has 1 aliphatic rings. The second-order valence-corrected chi connectivity index (χ2v) is 10.6. The molecule has 4 aromatic rings. The summed E-state index contributed by atoms with van der Waals surface area (Å²) in [5.41, 5.74) is 4.53. The number of esters is 1. The number of nitro benzene ring substituents is 1. The number of rotatable bonds is 9. The molecule has 0 radical (unpaired) electrons. The number of nitro groups is 1. The first-order valence-corrected chi connectivity index (χ1v) is 13.4. The van der Waals surface area contributed by atoms with Crippen molar-refractivity contribution < 1.29 is 19.2 Å². The number of benzene rings is 3. The molecule has 0 fully saturated rings. The van der Waals surface area contributed by atoms with E-state index in [0.29, 0.717) is 12.8 Å². The molecule has 1 aromatic heterocycles. The van der Waals surface area contributed by atoms with Crippen LogP contribution in [0.25, 0.3) is 10.9 Å². The molecule has 3 atom stereocenters. The number of aromatic nitrogens is 1. The number of H-pyrrole nitrogens is 1. The first-order chi connectivity index (χ1) is 19.3. The fraction of sp³-hybridized carbons (Fsp3) is 0.290. The van der Waals surface area contributed by atoms with E-state index in [1.807, 2.05) is 68.4 Å². The summed E-state index contributed by atoms with van der Waals surface area (Å²) in [5.74, 6) is -0.617. The molecular formula is C31H32N4O5. The van der Waals surface area contributed by atoms with Gasteiger partial charge in [0.15, 0.2) is 0 Å². The van der Waals surface area contributed by atoms with Crippen molar-refractivity contribution in [1.82, 2.24) is 15.6 Å². The average molecular weight is 541 g/mol. The Morgan fingerprint density at radius 3 is 2.42 bits per heavy atom. The molecule has 5 rings (SSSR count). The van der Waals surface area contributed by atoms with Crippen LogP contribution >= 0.6 is 0 Å². The van der Waals surface area contributed by atoms with Crippen molar-refractivity contribution in [2.75, 3.05) is 0 Å². The maximum Gasteiger partial charge on any atom is 0.328 e. The van der Waals surface area contributed by atoms with E-state index in [4.69, 9.17) is 4.74 Å². The quantitative estimate of drug-likeness (QED) is 0.157. The number of amides is 1. The third kappa shape index (κ3) is 5.89. The molecule has 0 saturated heterocycles. The zero-order valence-corrected chi connectivity index (χ0v) is 22.4. The lowest BCUT2D eigenvalue weighted by molar-refractivity contribution is -0.384. The predicted molar refractivity (Wildman–Crippen MR) is 151 cm³/mol. The molecule has 0 bridgehead atoms. The number of nitrogens with one attached hydrogen (secondary N) is 3. The Hall–Kier alpha value is -4.50. The van der Waals surface area contributed by atoms with Crippen LogP contribution in [-0.4, -0.2) is 33.9 Å². The average Bonchev–Trinajstić information content (AvgIpc) is 3.34. The van der Waals surface area contributed by atoms with Gasteiger partial charge in [0, 0.05) is 28.7 Å². The van der Waals surface area contributed by atoms with E-state index in [1.165, 1.54) is 12.1 Å². The van der Waals surface area contributed by atoms with Gasteiger partial charge in [-0.25, -0.2) is 4.79 Å². The lowest BCUT2D eigenvalue weighted by Gasteiger charge is -2.32. The van der Waals surface area contributed by atoms with Crippen LogP contribution in [0.15, 0.2) is 78.9 Å². The summed E-state index contributed by atoms with van der Waals surface area (Å²) in [6, 6.07) is 21.8. The van der Waals surface area contributed by atoms with E-state index in [0.717, 1.165) is 33.3 Å². The summed E-state index contributed by atoms with van der Waals surface area (Å²) in [6.45, 7) is 4.11. The SMILES string of the molecule is CC(C)C[C@H](NC(=O)[C@@H]1Cc2c([nH]c3ccccc23)[C@H](c2ccc([N+](=O)[O-])cc2)N1)C(=O)OCc1ccccc1. The summed E-state index contributed by atoms with van der Waals surface area (Å²) >= 11 is 0. The minimum Gasteiger partial charge on any atom is -0.459 e. The molecule has 0 saturated carbocycles. The zero-order valence-electron chi connectivity index (χ0n) is 22.4. The second-order valence-electron chi connectivity index (χ2n) is 10.6. The molecule has 0 aliphatic carbocycles. The smallest absolute Gasteiger partial charge is 0.328 e. The minimum absolute atomic E-state index is 0.00346. The van der Waals surface area contributed by atoms with E-state index >= 15 is 0 Å². The number of para-hydroxylation sites is 1. The zero-order chi connectivity index (χ0) is 28.2. The van der Waals surface area contributed by atoms with Gasteiger partial charge in [0.1, 0.15) is 12.6 Å². The van der Waals surface area contributed by atoms with Crippen LogP contribution in [-0.2, 0) is 27.4 Å². The fourth-order valence-corrected chi connectivity index (χ4v) is 5.24. The molecule has 40 heavy (non-hydrogen) atoms. The van der Waals surface area contributed by atoms with Gasteiger partial charge >= 0.3 is 5.97 Å². The maximum absolute atomic E-state index is 13.7. The second kappa shape index (κ2) is 11.7. The largest absolute Gasteiger partial charge is 0.459 e. The minimum atomic E-state index is -0.791. The normalized spacial score (nSPS) is 17.3. The Balaban J connectivity index is 1.39. The number of fused-ring (bicyclic) bond motifs is 3. The van der Waals surface area contributed by atoms with Gasteiger partial charge in [0.25, 0.3) is 5.69 Å². The van der Waals surface area contributed by atoms with Gasteiger partial charge in [-0.15, -0.1) is 0 Å². The molecule has 2 heterocycles. The molecular weight excluding hydrogens is 508 g/mol. The molecule has 3 aromatic carbocycles. The van der Waals surface area contributed by atoms with Gasteiger partial charge in [0.2, 0.25) is 5.91 Å². The first kappa shape index (κ1) is 27.1. The van der Waals surface area contributed by atoms with Crippen molar-refractivity contribution in [3.63, 3.8) is 0 Å². The number of aromatic amines is 1. The highest BCUT2D eigenvalue weighted by atomic mass is 16.6. The highest BCUT2D eigenvalue weighted by molar-refractivity contribution is 5.90. The van der Waals surface area contributed by atoms with Crippen molar-refractivity contribution in [2.24, 2.45) is 5.92 Å². The number of carbonyl (C=O) groups is 2.